The fourth-order valence-electron chi connectivity index (χ4n) is 3.51. The molecule has 0 spiro atoms. The van der Waals surface area contributed by atoms with Crippen LogP contribution in [0.4, 0.5) is 0 Å². The highest BCUT2D eigenvalue weighted by molar-refractivity contribution is 7.99. The number of rotatable bonds is 7. The molecule has 0 atom stereocenters. The van der Waals surface area contributed by atoms with Crippen molar-refractivity contribution in [2.75, 3.05) is 12.3 Å². The van der Waals surface area contributed by atoms with Gasteiger partial charge in [-0.1, -0.05) is 36.0 Å². The van der Waals surface area contributed by atoms with Gasteiger partial charge in [0.2, 0.25) is 0 Å². The molecule has 6 nitrogen and oxygen atoms in total. The number of amides is 2. The molecular formula is C22H21N3O3S. The van der Waals surface area contributed by atoms with Crippen molar-refractivity contribution in [3.05, 3.63) is 70.0 Å². The standard InChI is InChI=1S/C22H21N3O3S/c1-2-24-21(28)17-11-5-6-12-18(17)23-22(24)29-14-8-7-13-25-19(26)15-9-3-4-10-16(15)20(25)27/h3-6,9-12H,2,7-8,13-14H2,1H3. The fourth-order valence-corrected chi connectivity index (χ4v) is 4.58. The molecule has 7 heteroatoms. The zero-order valence-electron chi connectivity index (χ0n) is 16.1. The summed E-state index contributed by atoms with van der Waals surface area (Å²) in [5.41, 5.74) is 1.65. The molecule has 0 unspecified atom stereocenters. The molecule has 0 aliphatic carbocycles. The number of unbranched alkanes of at least 4 members (excludes halogenated alkanes) is 1. The van der Waals surface area contributed by atoms with Gasteiger partial charge in [0.05, 0.1) is 22.0 Å². The van der Waals surface area contributed by atoms with E-state index in [1.807, 2.05) is 25.1 Å². The maximum Gasteiger partial charge on any atom is 0.262 e. The third-order valence-corrected chi connectivity index (χ3v) is 6.09. The summed E-state index contributed by atoms with van der Waals surface area (Å²) in [5.74, 6) is 0.331. The first-order valence-corrected chi connectivity index (χ1v) is 10.7. The van der Waals surface area contributed by atoms with Crippen LogP contribution in [0.25, 0.3) is 10.9 Å². The Kier molecular flexibility index (Phi) is 5.49. The topological polar surface area (TPSA) is 72.3 Å². The molecule has 0 saturated carbocycles. The predicted molar refractivity (Wildman–Crippen MR) is 113 cm³/mol. The van der Waals surface area contributed by atoms with Crippen molar-refractivity contribution in [3.8, 4) is 0 Å². The van der Waals surface area contributed by atoms with Gasteiger partial charge in [-0.3, -0.25) is 23.9 Å². The van der Waals surface area contributed by atoms with Gasteiger partial charge in [-0.2, -0.15) is 0 Å². The van der Waals surface area contributed by atoms with Crippen molar-refractivity contribution in [3.63, 3.8) is 0 Å². The number of nitrogens with zero attached hydrogens (tertiary/aromatic N) is 3. The molecule has 2 aromatic carbocycles. The van der Waals surface area contributed by atoms with E-state index < -0.39 is 0 Å². The quantitative estimate of drug-likeness (QED) is 0.259. The van der Waals surface area contributed by atoms with Gasteiger partial charge in [0.25, 0.3) is 17.4 Å². The van der Waals surface area contributed by atoms with Crippen LogP contribution in [-0.4, -0.2) is 38.6 Å². The normalized spacial score (nSPS) is 13.3. The van der Waals surface area contributed by atoms with Crippen LogP contribution in [-0.2, 0) is 6.54 Å². The van der Waals surface area contributed by atoms with Gasteiger partial charge in [0.1, 0.15) is 0 Å². The third-order valence-electron chi connectivity index (χ3n) is 5.03. The smallest absolute Gasteiger partial charge is 0.262 e. The molecular weight excluding hydrogens is 386 g/mol. The minimum absolute atomic E-state index is 0.0216. The minimum atomic E-state index is -0.214. The van der Waals surface area contributed by atoms with Crippen molar-refractivity contribution in [1.82, 2.24) is 14.5 Å². The lowest BCUT2D eigenvalue weighted by atomic mass is 10.1. The Bertz CT molecular complexity index is 1120. The van der Waals surface area contributed by atoms with E-state index in [9.17, 15) is 14.4 Å². The van der Waals surface area contributed by atoms with Crippen LogP contribution in [0.15, 0.2) is 58.5 Å². The molecule has 4 rings (SSSR count). The van der Waals surface area contributed by atoms with E-state index in [4.69, 9.17) is 0 Å². The molecule has 3 aromatic rings. The summed E-state index contributed by atoms with van der Waals surface area (Å²) in [6.45, 7) is 2.90. The Labute approximate surface area is 172 Å². The van der Waals surface area contributed by atoms with Crippen molar-refractivity contribution >= 4 is 34.5 Å². The number of benzene rings is 2. The molecule has 0 N–H and O–H groups in total. The number of imide groups is 1. The van der Waals surface area contributed by atoms with Crippen molar-refractivity contribution in [2.24, 2.45) is 0 Å². The average Bonchev–Trinajstić information content (AvgIpc) is 2.99. The van der Waals surface area contributed by atoms with Gasteiger partial charge >= 0.3 is 0 Å². The summed E-state index contributed by atoms with van der Waals surface area (Å²) in [7, 11) is 0. The second kappa shape index (κ2) is 8.21. The molecule has 0 bridgehead atoms. The second-order valence-electron chi connectivity index (χ2n) is 6.82. The number of carbonyl (C=O) groups excluding carboxylic acids is 2. The van der Waals surface area contributed by atoms with E-state index in [1.54, 1.807) is 34.9 Å². The van der Waals surface area contributed by atoms with E-state index >= 15 is 0 Å². The SMILES string of the molecule is CCn1c(SCCCCN2C(=O)c3ccccc3C2=O)nc2ccccc2c1=O. The van der Waals surface area contributed by atoms with Crippen LogP contribution in [0.1, 0.15) is 40.5 Å². The summed E-state index contributed by atoms with van der Waals surface area (Å²) in [6, 6.07) is 14.3. The summed E-state index contributed by atoms with van der Waals surface area (Å²) in [4.78, 5) is 43.4. The first-order chi connectivity index (χ1) is 14.1. The van der Waals surface area contributed by atoms with Gasteiger partial charge < -0.3 is 0 Å². The molecule has 0 fully saturated rings. The Hall–Kier alpha value is -2.93. The molecule has 29 heavy (non-hydrogen) atoms. The van der Waals surface area contributed by atoms with Crippen LogP contribution in [0, 0.1) is 0 Å². The van der Waals surface area contributed by atoms with Crippen molar-refractivity contribution < 1.29 is 9.59 Å². The number of para-hydroxylation sites is 1. The summed E-state index contributed by atoms with van der Waals surface area (Å²) < 4.78 is 1.69. The van der Waals surface area contributed by atoms with E-state index in [-0.39, 0.29) is 17.4 Å². The molecule has 1 aromatic heterocycles. The lowest BCUT2D eigenvalue weighted by Crippen LogP contribution is -2.30. The van der Waals surface area contributed by atoms with Gasteiger partial charge in [-0.25, -0.2) is 4.98 Å². The summed E-state index contributed by atoms with van der Waals surface area (Å²) in [5, 5.41) is 1.33. The molecule has 2 amide bonds. The number of fused-ring (bicyclic) bond motifs is 2. The maximum atomic E-state index is 12.7. The predicted octanol–water partition coefficient (Wildman–Crippen LogP) is 3.58. The van der Waals surface area contributed by atoms with Crippen LogP contribution in [0.5, 0.6) is 0 Å². The largest absolute Gasteiger partial charge is 0.287 e. The highest BCUT2D eigenvalue weighted by Crippen LogP contribution is 2.23. The van der Waals surface area contributed by atoms with Crippen LogP contribution >= 0.6 is 11.8 Å². The van der Waals surface area contributed by atoms with Crippen LogP contribution in [0.3, 0.4) is 0 Å². The minimum Gasteiger partial charge on any atom is -0.287 e. The first kappa shape index (κ1) is 19.4. The number of hydrogen-bond donors (Lipinski definition) is 0. The number of thioether (sulfide) groups is 1. The van der Waals surface area contributed by atoms with Crippen molar-refractivity contribution in [1.29, 1.82) is 0 Å². The number of aromatic nitrogens is 2. The highest BCUT2D eigenvalue weighted by Gasteiger charge is 2.34. The lowest BCUT2D eigenvalue weighted by Gasteiger charge is -2.14. The van der Waals surface area contributed by atoms with E-state index in [0.717, 1.165) is 12.2 Å². The Morgan fingerprint density at radius 2 is 1.55 bits per heavy atom. The molecule has 1 aliphatic heterocycles. The molecule has 148 valence electrons. The number of hydrogen-bond acceptors (Lipinski definition) is 5. The highest BCUT2D eigenvalue weighted by atomic mass is 32.2. The monoisotopic (exact) mass is 407 g/mol. The molecule has 2 heterocycles. The number of carbonyl (C=O) groups is 2. The van der Waals surface area contributed by atoms with Gasteiger partial charge in [0.15, 0.2) is 5.16 Å². The van der Waals surface area contributed by atoms with Crippen LogP contribution < -0.4 is 5.56 Å². The van der Waals surface area contributed by atoms with Crippen molar-refractivity contribution in [2.45, 2.75) is 31.5 Å². The molecule has 1 aliphatic rings. The van der Waals surface area contributed by atoms with Gasteiger partial charge in [-0.15, -0.1) is 0 Å². The third kappa shape index (κ3) is 3.58. The fraction of sp³-hybridized carbons (Fsp3) is 0.273. The Balaban J connectivity index is 1.37. The summed E-state index contributed by atoms with van der Waals surface area (Å²) in [6.07, 6.45) is 1.52. The molecule has 0 saturated heterocycles. The van der Waals surface area contributed by atoms with Gasteiger partial charge in [0, 0.05) is 18.8 Å². The Morgan fingerprint density at radius 1 is 0.897 bits per heavy atom. The second-order valence-corrected chi connectivity index (χ2v) is 7.89. The van der Waals surface area contributed by atoms with E-state index in [2.05, 4.69) is 4.98 Å². The van der Waals surface area contributed by atoms with Gasteiger partial charge in [-0.05, 0) is 44.0 Å². The van der Waals surface area contributed by atoms with E-state index in [0.29, 0.717) is 46.7 Å². The average molecular weight is 407 g/mol. The summed E-state index contributed by atoms with van der Waals surface area (Å²) >= 11 is 1.54. The Morgan fingerprint density at radius 3 is 2.24 bits per heavy atom. The lowest BCUT2D eigenvalue weighted by molar-refractivity contribution is 0.0652. The van der Waals surface area contributed by atoms with Crippen LogP contribution in [0.2, 0.25) is 0 Å². The molecule has 0 radical (unpaired) electrons. The zero-order valence-corrected chi connectivity index (χ0v) is 16.9. The maximum absolute atomic E-state index is 12.7. The van der Waals surface area contributed by atoms with E-state index in [1.165, 1.54) is 16.7 Å². The zero-order chi connectivity index (χ0) is 20.4. The first-order valence-electron chi connectivity index (χ1n) is 9.69.